The number of carbonyl (C=O) groups excluding carboxylic acids is 1. The predicted molar refractivity (Wildman–Crippen MR) is 72.6 cm³/mol. The molecule has 0 radical (unpaired) electrons. The van der Waals surface area contributed by atoms with Gasteiger partial charge in [-0.15, -0.1) is 0 Å². The third-order valence-corrected chi connectivity index (χ3v) is 3.35. The highest BCUT2D eigenvalue weighted by Gasteiger charge is 2.25. The fourth-order valence-corrected chi connectivity index (χ4v) is 1.96. The first kappa shape index (κ1) is 13.1. The lowest BCUT2D eigenvalue weighted by Gasteiger charge is -2.19. The van der Waals surface area contributed by atoms with Gasteiger partial charge in [0.05, 0.1) is 5.56 Å². The number of carbonyl (C=O) groups is 1. The number of nitrogens with zero attached hydrogens (tertiary/aromatic N) is 2. The molecule has 0 spiro atoms. The van der Waals surface area contributed by atoms with Crippen LogP contribution in [0.5, 0.6) is 0 Å². The van der Waals surface area contributed by atoms with E-state index in [0.717, 1.165) is 18.2 Å². The summed E-state index contributed by atoms with van der Waals surface area (Å²) in [4.78, 5) is 18.4. The quantitative estimate of drug-likeness (QED) is 0.821. The van der Waals surface area contributed by atoms with Crippen molar-refractivity contribution >= 4 is 5.91 Å². The maximum absolute atomic E-state index is 12.2. The van der Waals surface area contributed by atoms with E-state index in [0.29, 0.717) is 5.56 Å². The van der Waals surface area contributed by atoms with E-state index in [1.165, 1.54) is 12.8 Å². The Balaban J connectivity index is 2.06. The Bertz CT molecular complexity index is 427. The largest absolute Gasteiger partial charge is 0.341 e. The molecule has 0 unspecified atom stereocenters. The van der Waals surface area contributed by atoms with E-state index in [1.54, 1.807) is 6.20 Å². The third kappa shape index (κ3) is 3.09. The van der Waals surface area contributed by atoms with Crippen LogP contribution in [0.25, 0.3) is 0 Å². The first-order valence-electron chi connectivity index (χ1n) is 6.60. The molecule has 3 nitrogen and oxygen atoms in total. The monoisotopic (exact) mass is 246 g/mol. The fourth-order valence-electron chi connectivity index (χ4n) is 1.96. The normalized spacial score (nSPS) is 15.6. The lowest BCUT2D eigenvalue weighted by atomic mass is 9.91. The molecule has 2 rings (SSSR count). The molecule has 1 fully saturated rings. The Kier molecular flexibility index (Phi) is 3.42. The van der Waals surface area contributed by atoms with Crippen molar-refractivity contribution in [1.29, 1.82) is 0 Å². The van der Waals surface area contributed by atoms with Gasteiger partial charge in [-0.05, 0) is 30.9 Å². The SMILES string of the molecule is CN(CC1CC1)C(=O)c1ccc(C(C)(C)C)nc1. The molecule has 0 saturated heterocycles. The number of aromatic nitrogens is 1. The smallest absolute Gasteiger partial charge is 0.255 e. The zero-order chi connectivity index (χ0) is 13.3. The van der Waals surface area contributed by atoms with Gasteiger partial charge in [0.25, 0.3) is 5.91 Å². The average molecular weight is 246 g/mol. The maximum Gasteiger partial charge on any atom is 0.255 e. The number of pyridine rings is 1. The second-order valence-corrected chi connectivity index (χ2v) is 6.31. The molecule has 1 aliphatic carbocycles. The van der Waals surface area contributed by atoms with Crippen LogP contribution in [0, 0.1) is 5.92 Å². The van der Waals surface area contributed by atoms with Crippen LogP contribution in [-0.2, 0) is 5.41 Å². The zero-order valence-electron chi connectivity index (χ0n) is 11.7. The van der Waals surface area contributed by atoms with Crippen molar-refractivity contribution < 1.29 is 4.79 Å². The minimum atomic E-state index is 0.0293. The second-order valence-electron chi connectivity index (χ2n) is 6.31. The molecular weight excluding hydrogens is 224 g/mol. The molecule has 1 aromatic heterocycles. The zero-order valence-corrected chi connectivity index (χ0v) is 11.7. The summed E-state index contributed by atoms with van der Waals surface area (Å²) in [5, 5.41) is 0. The van der Waals surface area contributed by atoms with Gasteiger partial charge in [0.2, 0.25) is 0 Å². The summed E-state index contributed by atoms with van der Waals surface area (Å²) >= 11 is 0. The van der Waals surface area contributed by atoms with E-state index >= 15 is 0 Å². The Morgan fingerprint density at radius 1 is 1.39 bits per heavy atom. The van der Waals surface area contributed by atoms with Crippen molar-refractivity contribution in [3.63, 3.8) is 0 Å². The van der Waals surface area contributed by atoms with Crippen molar-refractivity contribution in [2.45, 2.75) is 39.0 Å². The topological polar surface area (TPSA) is 33.2 Å². The summed E-state index contributed by atoms with van der Waals surface area (Å²) in [5.41, 5.74) is 1.73. The number of rotatable bonds is 3. The molecule has 98 valence electrons. The van der Waals surface area contributed by atoms with Gasteiger partial charge in [-0.3, -0.25) is 9.78 Å². The molecule has 1 aliphatic rings. The van der Waals surface area contributed by atoms with Crippen LogP contribution in [0.3, 0.4) is 0 Å². The van der Waals surface area contributed by atoms with E-state index in [1.807, 2.05) is 24.1 Å². The van der Waals surface area contributed by atoms with Crippen LogP contribution < -0.4 is 0 Å². The van der Waals surface area contributed by atoms with Gasteiger partial charge < -0.3 is 4.90 Å². The van der Waals surface area contributed by atoms with Crippen LogP contribution >= 0.6 is 0 Å². The highest BCUT2D eigenvalue weighted by Crippen LogP contribution is 2.29. The number of amides is 1. The summed E-state index contributed by atoms with van der Waals surface area (Å²) < 4.78 is 0. The van der Waals surface area contributed by atoms with Crippen molar-refractivity contribution in [3.8, 4) is 0 Å². The summed E-state index contributed by atoms with van der Waals surface area (Å²) in [6.07, 6.45) is 4.23. The van der Waals surface area contributed by atoms with Gasteiger partial charge in [-0.2, -0.15) is 0 Å². The van der Waals surface area contributed by atoms with Crippen molar-refractivity contribution in [1.82, 2.24) is 9.88 Å². The van der Waals surface area contributed by atoms with Gasteiger partial charge in [-0.25, -0.2) is 0 Å². The van der Waals surface area contributed by atoms with Gasteiger partial charge in [0.1, 0.15) is 0 Å². The molecule has 0 N–H and O–H groups in total. The van der Waals surface area contributed by atoms with Crippen LogP contribution in [-0.4, -0.2) is 29.4 Å². The van der Waals surface area contributed by atoms with Crippen LogP contribution in [0.2, 0.25) is 0 Å². The molecule has 1 saturated carbocycles. The molecule has 1 amide bonds. The van der Waals surface area contributed by atoms with Gasteiger partial charge >= 0.3 is 0 Å². The van der Waals surface area contributed by atoms with Crippen molar-refractivity contribution in [2.75, 3.05) is 13.6 Å². The Hall–Kier alpha value is -1.38. The summed E-state index contributed by atoms with van der Waals surface area (Å²) in [7, 11) is 1.87. The molecule has 1 aromatic rings. The predicted octanol–water partition coefficient (Wildman–Crippen LogP) is 2.86. The summed E-state index contributed by atoms with van der Waals surface area (Å²) in [6, 6.07) is 3.84. The highest BCUT2D eigenvalue weighted by atomic mass is 16.2. The van der Waals surface area contributed by atoms with E-state index in [-0.39, 0.29) is 11.3 Å². The van der Waals surface area contributed by atoms with E-state index in [2.05, 4.69) is 25.8 Å². The van der Waals surface area contributed by atoms with Gasteiger partial charge in [0.15, 0.2) is 0 Å². The highest BCUT2D eigenvalue weighted by molar-refractivity contribution is 5.93. The van der Waals surface area contributed by atoms with Crippen molar-refractivity contribution in [3.05, 3.63) is 29.6 Å². The Morgan fingerprint density at radius 2 is 2.06 bits per heavy atom. The van der Waals surface area contributed by atoms with E-state index in [4.69, 9.17) is 0 Å². The maximum atomic E-state index is 12.2. The van der Waals surface area contributed by atoms with E-state index in [9.17, 15) is 4.79 Å². The number of hydrogen-bond donors (Lipinski definition) is 0. The molecule has 0 aliphatic heterocycles. The third-order valence-electron chi connectivity index (χ3n) is 3.35. The second kappa shape index (κ2) is 4.71. The lowest BCUT2D eigenvalue weighted by molar-refractivity contribution is 0.0788. The van der Waals surface area contributed by atoms with Crippen LogP contribution in [0.1, 0.15) is 49.7 Å². The first-order chi connectivity index (χ1) is 8.38. The van der Waals surface area contributed by atoms with Crippen LogP contribution in [0.4, 0.5) is 0 Å². The average Bonchev–Trinajstić information content (AvgIpc) is 3.11. The van der Waals surface area contributed by atoms with Gasteiger partial charge in [0, 0.05) is 30.9 Å². The molecule has 0 aromatic carbocycles. The Labute approximate surface area is 109 Å². The fraction of sp³-hybridized carbons (Fsp3) is 0.600. The molecule has 0 atom stereocenters. The molecule has 1 heterocycles. The van der Waals surface area contributed by atoms with Crippen molar-refractivity contribution in [2.24, 2.45) is 5.92 Å². The van der Waals surface area contributed by atoms with Gasteiger partial charge in [-0.1, -0.05) is 20.8 Å². The Morgan fingerprint density at radius 3 is 2.50 bits per heavy atom. The molecule has 3 heteroatoms. The summed E-state index contributed by atoms with van der Waals surface area (Å²) in [6.45, 7) is 7.24. The standard InChI is InChI=1S/C15H22N2O/c1-15(2,3)13-8-7-12(9-16-13)14(18)17(4)10-11-5-6-11/h7-9,11H,5-6,10H2,1-4H3. The molecular formula is C15H22N2O. The molecule has 0 bridgehead atoms. The first-order valence-corrected chi connectivity index (χ1v) is 6.60. The number of hydrogen-bond acceptors (Lipinski definition) is 2. The molecule has 18 heavy (non-hydrogen) atoms. The minimum Gasteiger partial charge on any atom is -0.341 e. The summed E-state index contributed by atoms with van der Waals surface area (Å²) in [5.74, 6) is 0.801. The lowest BCUT2D eigenvalue weighted by Crippen LogP contribution is -2.29. The van der Waals surface area contributed by atoms with E-state index < -0.39 is 0 Å². The minimum absolute atomic E-state index is 0.0293. The van der Waals surface area contributed by atoms with Crippen LogP contribution in [0.15, 0.2) is 18.3 Å².